The van der Waals surface area contributed by atoms with Gasteiger partial charge >= 0.3 is 11.9 Å². The molecule has 1 aliphatic heterocycles. The SMILES string of the molecule is C#[N+][C@H]1CSSC[C@@H](C(=O)N(C[C@@H](O)CO)[C@@H](C)C(=O)N[C@@H](CC(C)C)C(=O)NCC(N)=O)NC(=O)[C@H](CC(N)=O)NC(=O)[C@H](CCC(N)=O)NC(=O)[C@H]([C@@H](C)CC)NC(=O)[C@H](Cc2ccc(O)cc2)NC1=O. The zero-order valence-electron chi connectivity index (χ0n) is 41.3. The van der Waals surface area contributed by atoms with Crippen LogP contribution in [0.15, 0.2) is 24.3 Å². The lowest BCUT2D eigenvalue weighted by Gasteiger charge is -2.34. The number of benzene rings is 1. The molecule has 0 radical (unpaired) electrons. The molecule has 1 aliphatic rings. The smallest absolute Gasteiger partial charge is 0.357 e. The number of hydrogen-bond donors (Lipinski definition) is 13. The predicted molar refractivity (Wildman–Crippen MR) is 268 cm³/mol. The Labute approximate surface area is 430 Å². The molecule has 0 unspecified atom stereocenters. The molecule has 2 rings (SSSR count). The van der Waals surface area contributed by atoms with Crippen molar-refractivity contribution in [3.63, 3.8) is 0 Å². The van der Waals surface area contributed by atoms with Gasteiger partial charge in [0.2, 0.25) is 59.1 Å². The van der Waals surface area contributed by atoms with E-state index in [-0.39, 0.29) is 30.3 Å². The third kappa shape index (κ3) is 21.5. The van der Waals surface area contributed by atoms with Crippen LogP contribution >= 0.6 is 21.6 Å². The second kappa shape index (κ2) is 31.0. The molecule has 404 valence electrons. The number of nitrogens with zero attached hydrogens (tertiary/aromatic N) is 2. The summed E-state index contributed by atoms with van der Waals surface area (Å²) < 4.78 is 0. The van der Waals surface area contributed by atoms with Crippen LogP contribution in [0.5, 0.6) is 5.75 Å². The van der Waals surface area contributed by atoms with E-state index in [0.717, 1.165) is 26.5 Å². The van der Waals surface area contributed by atoms with Gasteiger partial charge in [-0.05, 0) is 49.3 Å². The molecule has 0 spiro atoms. The number of nitrogens with two attached hydrogens (primary N) is 3. The van der Waals surface area contributed by atoms with Crippen LogP contribution in [0.2, 0.25) is 0 Å². The summed E-state index contributed by atoms with van der Waals surface area (Å²) in [7, 11) is 1.79. The highest BCUT2D eigenvalue weighted by molar-refractivity contribution is 8.76. The molecule has 0 aliphatic carbocycles. The van der Waals surface area contributed by atoms with Crippen LogP contribution < -0.4 is 54.4 Å². The summed E-state index contributed by atoms with van der Waals surface area (Å²) in [6, 6.07) is -6.50. The van der Waals surface area contributed by atoms with Crippen molar-refractivity contribution in [1.29, 1.82) is 0 Å². The highest BCUT2D eigenvalue weighted by Gasteiger charge is 2.39. The normalized spacial score (nSPS) is 22.2. The lowest BCUT2D eigenvalue weighted by molar-refractivity contribution is -0.145. The second-order valence-electron chi connectivity index (χ2n) is 17.8. The number of hydrogen-bond acceptors (Lipinski definition) is 16. The van der Waals surface area contributed by atoms with Gasteiger partial charge in [0.25, 0.3) is 6.57 Å². The Balaban J connectivity index is 2.78. The van der Waals surface area contributed by atoms with Gasteiger partial charge in [0.1, 0.15) is 48.0 Å². The fraction of sp³-hybridized carbons (Fsp3) is 0.600. The molecular formula is C45H69N12O14S2+. The van der Waals surface area contributed by atoms with Crippen molar-refractivity contribution in [2.45, 2.75) is 128 Å². The first-order chi connectivity index (χ1) is 34.3. The quantitative estimate of drug-likeness (QED) is 0.0522. The first-order valence-electron chi connectivity index (χ1n) is 23.3. The minimum atomic E-state index is -1.88. The monoisotopic (exact) mass is 1070 g/mol. The third-order valence-corrected chi connectivity index (χ3v) is 13.7. The van der Waals surface area contributed by atoms with E-state index in [9.17, 15) is 68.1 Å². The predicted octanol–water partition coefficient (Wildman–Crippen LogP) is -4.03. The van der Waals surface area contributed by atoms with Crippen molar-refractivity contribution in [3.05, 3.63) is 34.7 Å². The standard InChI is InChI=1S/C45H68N12O14S2/c1-7-23(4)37-44(70)51-28(12-13-34(46)61)40(66)54-31(16-35(47)62)41(67)55-33(21-73-72-20-32(49-6)43(69)53-30(42(68)56-37)15-25-8-10-26(59)11-9-25)45(71)57(18-27(60)19-58)24(5)38(64)52-29(14-22(2)3)39(65)50-17-36(48)63/h6,8-11,22-24,27-33,37,58,60H,7,12-21H2,1-5H3,(H13-,46,47,48,50,51,52,53,54,55,56,59,61,62,63,64,65,66,67,68,69,70)/p+1/t23-,24-,27+,28-,29-,30-,31-,32-,33-,37-/m0/s1. The number of carbonyl (C=O) groups is 11. The van der Waals surface area contributed by atoms with Crippen molar-refractivity contribution >= 4 is 86.6 Å². The number of aliphatic hydroxyl groups is 2. The number of amides is 11. The van der Waals surface area contributed by atoms with E-state index in [2.05, 4.69) is 42.1 Å². The maximum Gasteiger partial charge on any atom is 0.357 e. The molecular weight excluding hydrogens is 997 g/mol. The Hall–Kier alpha value is -6.70. The average molecular weight is 1070 g/mol. The number of carbonyl (C=O) groups excluding carboxylic acids is 11. The molecule has 28 heteroatoms. The average Bonchev–Trinajstić information content (AvgIpc) is 3.33. The van der Waals surface area contributed by atoms with Crippen molar-refractivity contribution in [2.24, 2.45) is 29.0 Å². The van der Waals surface area contributed by atoms with Crippen LogP contribution in [-0.4, -0.2) is 171 Å². The summed E-state index contributed by atoms with van der Waals surface area (Å²) in [5.41, 5.74) is 16.6. The van der Waals surface area contributed by atoms with E-state index in [1.807, 2.05) is 0 Å². The largest absolute Gasteiger partial charge is 0.508 e. The molecule has 1 aromatic rings. The summed E-state index contributed by atoms with van der Waals surface area (Å²) in [5, 5.41) is 47.7. The number of aliphatic hydroxyl groups excluding tert-OH is 2. The fourth-order valence-electron chi connectivity index (χ4n) is 7.02. The number of phenols is 1. The van der Waals surface area contributed by atoms with E-state index in [1.54, 1.807) is 27.7 Å². The van der Waals surface area contributed by atoms with Crippen molar-refractivity contribution in [1.82, 2.24) is 42.1 Å². The van der Waals surface area contributed by atoms with Gasteiger partial charge in [0.15, 0.2) is 0 Å². The minimum Gasteiger partial charge on any atom is -0.508 e. The second-order valence-corrected chi connectivity index (χ2v) is 20.3. The number of rotatable bonds is 21. The van der Waals surface area contributed by atoms with Gasteiger partial charge in [-0.1, -0.05) is 72.7 Å². The van der Waals surface area contributed by atoms with Gasteiger partial charge in [0.05, 0.1) is 31.4 Å². The van der Waals surface area contributed by atoms with Crippen molar-refractivity contribution < 1.29 is 68.1 Å². The van der Waals surface area contributed by atoms with E-state index in [4.69, 9.17) is 23.8 Å². The van der Waals surface area contributed by atoms with Crippen LogP contribution in [0.25, 0.3) is 4.85 Å². The van der Waals surface area contributed by atoms with E-state index in [0.29, 0.717) is 12.0 Å². The molecule has 10 atom stereocenters. The fourth-order valence-corrected chi connectivity index (χ4v) is 9.31. The highest BCUT2D eigenvalue weighted by atomic mass is 33.1. The Morgan fingerprint density at radius 1 is 0.795 bits per heavy atom. The van der Waals surface area contributed by atoms with Crippen LogP contribution in [0, 0.1) is 18.4 Å². The molecule has 1 fully saturated rings. The summed E-state index contributed by atoms with van der Waals surface area (Å²) in [6.07, 6.45) is -3.31. The Morgan fingerprint density at radius 3 is 1.95 bits per heavy atom. The molecule has 0 saturated carbocycles. The molecule has 11 amide bonds. The van der Waals surface area contributed by atoms with Crippen LogP contribution in [-0.2, 0) is 59.2 Å². The zero-order chi connectivity index (χ0) is 55.1. The Bertz CT molecular complexity index is 2180. The molecule has 26 nitrogen and oxygen atoms in total. The minimum absolute atomic E-state index is 0.0572. The van der Waals surface area contributed by atoms with E-state index >= 15 is 0 Å². The molecule has 1 saturated heterocycles. The molecule has 73 heavy (non-hydrogen) atoms. The maximum absolute atomic E-state index is 14.7. The Kier molecular flexibility index (Phi) is 26.5. The van der Waals surface area contributed by atoms with Crippen LogP contribution in [0.1, 0.15) is 72.3 Å². The molecule has 1 heterocycles. The van der Waals surface area contributed by atoms with Crippen molar-refractivity contribution in [2.75, 3.05) is 31.2 Å². The number of primary amides is 3. The van der Waals surface area contributed by atoms with Crippen molar-refractivity contribution in [3.8, 4) is 12.3 Å². The topological polar surface area (TPSA) is 418 Å². The van der Waals surface area contributed by atoms with Gasteiger partial charge in [0, 0.05) is 25.1 Å². The van der Waals surface area contributed by atoms with Crippen LogP contribution in [0.3, 0.4) is 0 Å². The van der Waals surface area contributed by atoms with Crippen LogP contribution in [0.4, 0.5) is 0 Å². The number of phenolic OH excluding ortho intramolecular Hbond substituents is 1. The van der Waals surface area contributed by atoms with Gasteiger partial charge in [-0.3, -0.25) is 52.7 Å². The van der Waals surface area contributed by atoms with Gasteiger partial charge < -0.3 is 74.6 Å². The van der Waals surface area contributed by atoms with Gasteiger partial charge in [-0.15, -0.1) is 0 Å². The lowest BCUT2D eigenvalue weighted by atomic mass is 9.96. The lowest BCUT2D eigenvalue weighted by Crippen LogP contribution is -2.62. The zero-order valence-corrected chi connectivity index (χ0v) is 42.9. The maximum atomic E-state index is 14.7. The number of nitrogens with one attached hydrogen (secondary N) is 7. The summed E-state index contributed by atoms with van der Waals surface area (Å²) in [5.74, 6) is -12.2. The molecule has 1 aromatic carbocycles. The summed E-state index contributed by atoms with van der Waals surface area (Å²) in [4.78, 5) is 152. The third-order valence-electron chi connectivity index (χ3n) is 11.3. The van der Waals surface area contributed by atoms with E-state index in [1.165, 1.54) is 31.2 Å². The molecule has 0 aromatic heterocycles. The van der Waals surface area contributed by atoms with E-state index < -0.39 is 170 Å². The first kappa shape index (κ1) is 62.4. The molecule has 16 N–H and O–H groups in total. The van der Waals surface area contributed by atoms with Gasteiger partial charge in [-0.25, -0.2) is 0 Å². The Morgan fingerprint density at radius 2 is 1.38 bits per heavy atom. The number of aromatic hydroxyl groups is 1. The molecule has 0 bridgehead atoms. The highest BCUT2D eigenvalue weighted by Crippen LogP contribution is 2.25. The van der Waals surface area contributed by atoms with Gasteiger partial charge in [-0.2, -0.15) is 0 Å². The summed E-state index contributed by atoms with van der Waals surface area (Å²) in [6.45, 7) is 11.6. The summed E-state index contributed by atoms with van der Waals surface area (Å²) >= 11 is 0. The first-order valence-corrected chi connectivity index (χ1v) is 25.8.